The van der Waals surface area contributed by atoms with Crippen molar-refractivity contribution in [1.29, 1.82) is 0 Å². The van der Waals surface area contributed by atoms with E-state index >= 15 is 0 Å². The van der Waals surface area contributed by atoms with Crippen LogP contribution in [-0.2, 0) is 17.8 Å². The number of carbonyl (C=O) groups is 1. The van der Waals surface area contributed by atoms with E-state index in [1.165, 1.54) is 10.4 Å². The van der Waals surface area contributed by atoms with Crippen LogP contribution in [0.4, 0.5) is 5.82 Å². The maximum atomic E-state index is 12.6. The number of hydrogen-bond donors (Lipinski definition) is 2. The SMILES string of the molecule is CN(C)CC=CC(=O)N1CCc2c(sc3ncnc(NC(CCO)c4ccccc4)c23)C1. The second kappa shape index (κ2) is 10.2. The predicted molar refractivity (Wildman–Crippen MR) is 129 cm³/mol. The van der Waals surface area contributed by atoms with Gasteiger partial charge in [0, 0.05) is 30.6 Å². The van der Waals surface area contributed by atoms with Gasteiger partial charge in [0.25, 0.3) is 0 Å². The molecule has 0 aliphatic carbocycles. The Kier molecular flexibility index (Phi) is 7.14. The van der Waals surface area contributed by atoms with E-state index in [-0.39, 0.29) is 18.6 Å². The van der Waals surface area contributed by atoms with E-state index in [1.54, 1.807) is 23.7 Å². The molecule has 0 saturated heterocycles. The number of aliphatic hydroxyl groups excluding tert-OH is 1. The van der Waals surface area contributed by atoms with Crippen molar-refractivity contribution < 1.29 is 9.90 Å². The van der Waals surface area contributed by atoms with Crippen LogP contribution in [0.5, 0.6) is 0 Å². The first-order valence-corrected chi connectivity index (χ1v) is 11.7. The van der Waals surface area contributed by atoms with Gasteiger partial charge in [-0.15, -0.1) is 11.3 Å². The van der Waals surface area contributed by atoms with Crippen molar-refractivity contribution in [1.82, 2.24) is 19.8 Å². The maximum Gasteiger partial charge on any atom is 0.246 e. The largest absolute Gasteiger partial charge is 0.396 e. The number of carbonyl (C=O) groups excluding carboxylic acids is 1. The minimum atomic E-state index is -0.0432. The van der Waals surface area contributed by atoms with Crippen molar-refractivity contribution in [2.24, 2.45) is 0 Å². The number of aliphatic hydroxyl groups is 1. The van der Waals surface area contributed by atoms with Gasteiger partial charge in [0.05, 0.1) is 18.0 Å². The number of thiophene rings is 1. The zero-order valence-electron chi connectivity index (χ0n) is 18.5. The van der Waals surface area contributed by atoms with Crippen LogP contribution in [0.25, 0.3) is 10.2 Å². The molecule has 1 aliphatic heterocycles. The summed E-state index contributed by atoms with van der Waals surface area (Å²) in [4.78, 5) is 27.7. The third-order valence-electron chi connectivity index (χ3n) is 5.61. The van der Waals surface area contributed by atoms with E-state index in [2.05, 4.69) is 27.4 Å². The predicted octanol–water partition coefficient (Wildman–Crippen LogP) is 3.23. The van der Waals surface area contributed by atoms with Crippen LogP contribution in [0.15, 0.2) is 48.8 Å². The average molecular weight is 452 g/mol. The lowest BCUT2D eigenvalue weighted by molar-refractivity contribution is -0.126. The fourth-order valence-corrected chi connectivity index (χ4v) is 5.20. The molecule has 0 radical (unpaired) electrons. The van der Waals surface area contributed by atoms with E-state index in [4.69, 9.17) is 0 Å². The summed E-state index contributed by atoms with van der Waals surface area (Å²) in [7, 11) is 3.96. The number of fused-ring (bicyclic) bond motifs is 3. The van der Waals surface area contributed by atoms with Gasteiger partial charge in [0.15, 0.2) is 0 Å². The second-order valence-electron chi connectivity index (χ2n) is 8.20. The van der Waals surface area contributed by atoms with E-state index in [1.807, 2.05) is 48.2 Å². The molecule has 0 spiro atoms. The molecule has 7 nitrogen and oxygen atoms in total. The van der Waals surface area contributed by atoms with Gasteiger partial charge in [-0.25, -0.2) is 9.97 Å². The maximum absolute atomic E-state index is 12.6. The van der Waals surface area contributed by atoms with E-state index in [0.717, 1.165) is 34.6 Å². The quantitative estimate of drug-likeness (QED) is 0.512. The van der Waals surface area contributed by atoms with Crippen LogP contribution in [-0.4, -0.2) is 64.6 Å². The average Bonchev–Trinajstić information content (AvgIpc) is 3.17. The number of rotatable bonds is 8. The van der Waals surface area contributed by atoms with E-state index in [0.29, 0.717) is 19.5 Å². The molecule has 32 heavy (non-hydrogen) atoms. The van der Waals surface area contributed by atoms with Gasteiger partial charge in [-0.05, 0) is 38.1 Å². The van der Waals surface area contributed by atoms with Crippen molar-refractivity contribution >= 4 is 33.3 Å². The minimum Gasteiger partial charge on any atom is -0.396 e. The van der Waals surface area contributed by atoms with Gasteiger partial charge in [-0.1, -0.05) is 36.4 Å². The number of amides is 1. The van der Waals surface area contributed by atoms with Crippen molar-refractivity contribution in [3.05, 3.63) is 64.8 Å². The number of hydrogen-bond acceptors (Lipinski definition) is 7. The normalized spacial score (nSPS) is 14.8. The van der Waals surface area contributed by atoms with Crippen LogP contribution >= 0.6 is 11.3 Å². The van der Waals surface area contributed by atoms with Crippen LogP contribution in [0.2, 0.25) is 0 Å². The summed E-state index contributed by atoms with van der Waals surface area (Å²) in [6.45, 7) is 2.10. The third-order valence-corrected chi connectivity index (χ3v) is 6.74. The van der Waals surface area contributed by atoms with Gasteiger partial charge in [0.2, 0.25) is 5.91 Å². The molecule has 2 aromatic heterocycles. The molecule has 3 aromatic rings. The molecule has 1 atom stereocenters. The Hall–Kier alpha value is -2.81. The Balaban J connectivity index is 1.58. The molecular weight excluding hydrogens is 422 g/mol. The molecule has 1 unspecified atom stereocenters. The first-order chi connectivity index (χ1) is 15.6. The fourth-order valence-electron chi connectivity index (χ4n) is 4.00. The summed E-state index contributed by atoms with van der Waals surface area (Å²) >= 11 is 1.63. The van der Waals surface area contributed by atoms with Crippen molar-refractivity contribution in [2.75, 3.05) is 39.1 Å². The summed E-state index contributed by atoms with van der Waals surface area (Å²) in [6, 6.07) is 10.1. The summed E-state index contributed by atoms with van der Waals surface area (Å²) in [5.41, 5.74) is 2.34. The van der Waals surface area contributed by atoms with Gasteiger partial charge in [-0.3, -0.25) is 4.79 Å². The lowest BCUT2D eigenvalue weighted by atomic mass is 10.0. The van der Waals surface area contributed by atoms with Gasteiger partial charge in [-0.2, -0.15) is 0 Å². The van der Waals surface area contributed by atoms with Crippen LogP contribution in [0, 0.1) is 0 Å². The minimum absolute atomic E-state index is 0.0432. The zero-order valence-corrected chi connectivity index (χ0v) is 19.3. The van der Waals surface area contributed by atoms with Crippen molar-refractivity contribution in [2.45, 2.75) is 25.4 Å². The first-order valence-electron chi connectivity index (χ1n) is 10.8. The Bertz CT molecular complexity index is 1100. The topological polar surface area (TPSA) is 81.6 Å². The highest BCUT2D eigenvalue weighted by Gasteiger charge is 2.26. The Morgan fingerprint density at radius 1 is 1.31 bits per heavy atom. The molecule has 0 saturated carbocycles. The highest BCUT2D eigenvalue weighted by atomic mass is 32.1. The Morgan fingerprint density at radius 3 is 2.88 bits per heavy atom. The standard InChI is InChI=1S/C24H29N5O2S/c1-28(2)12-6-9-21(31)29-13-10-18-20(15-29)32-24-22(18)23(25-16-26-24)27-19(11-14-30)17-7-4-3-5-8-17/h3-9,16,19,30H,10-15H2,1-2H3,(H,25,26,27). The van der Waals surface area contributed by atoms with Crippen LogP contribution < -0.4 is 5.32 Å². The molecule has 3 heterocycles. The molecule has 4 rings (SSSR count). The summed E-state index contributed by atoms with van der Waals surface area (Å²) < 4.78 is 0. The van der Waals surface area contributed by atoms with Gasteiger partial charge in [0.1, 0.15) is 17.0 Å². The van der Waals surface area contributed by atoms with Crippen LogP contribution in [0.3, 0.4) is 0 Å². The highest BCUT2D eigenvalue weighted by Crippen LogP contribution is 2.38. The lowest BCUT2D eigenvalue weighted by Gasteiger charge is -2.26. The summed E-state index contributed by atoms with van der Waals surface area (Å²) in [5.74, 6) is 0.840. The molecular formula is C24H29N5O2S. The first kappa shape index (κ1) is 22.4. The third kappa shape index (κ3) is 4.98. The second-order valence-corrected chi connectivity index (χ2v) is 9.28. The van der Waals surface area contributed by atoms with E-state index in [9.17, 15) is 9.90 Å². The molecule has 0 bridgehead atoms. The summed E-state index contributed by atoms with van der Waals surface area (Å²) in [5, 5.41) is 14.2. The van der Waals surface area contributed by atoms with Gasteiger partial charge >= 0.3 is 0 Å². The number of nitrogens with one attached hydrogen (secondary N) is 1. The Labute approximate surface area is 192 Å². The number of anilines is 1. The van der Waals surface area contributed by atoms with E-state index < -0.39 is 0 Å². The zero-order chi connectivity index (χ0) is 22.5. The number of nitrogens with zero attached hydrogens (tertiary/aromatic N) is 4. The number of benzene rings is 1. The molecule has 1 aromatic carbocycles. The molecule has 8 heteroatoms. The smallest absolute Gasteiger partial charge is 0.246 e. The molecule has 168 valence electrons. The highest BCUT2D eigenvalue weighted by molar-refractivity contribution is 7.19. The summed E-state index contributed by atoms with van der Waals surface area (Å²) in [6.07, 6.45) is 6.52. The molecule has 0 fully saturated rings. The fraction of sp³-hybridized carbons (Fsp3) is 0.375. The molecule has 1 aliphatic rings. The number of aromatic nitrogens is 2. The number of likely N-dealkylation sites (N-methyl/N-ethyl adjacent to an activating group) is 1. The lowest BCUT2D eigenvalue weighted by Crippen LogP contribution is -2.34. The monoisotopic (exact) mass is 451 g/mol. The van der Waals surface area contributed by atoms with Crippen molar-refractivity contribution in [3.8, 4) is 0 Å². The van der Waals surface area contributed by atoms with Gasteiger partial charge < -0.3 is 20.2 Å². The Morgan fingerprint density at radius 2 is 2.12 bits per heavy atom. The van der Waals surface area contributed by atoms with Crippen molar-refractivity contribution in [3.63, 3.8) is 0 Å². The molecule has 1 amide bonds. The van der Waals surface area contributed by atoms with Crippen LogP contribution in [0.1, 0.15) is 28.5 Å². The molecule has 2 N–H and O–H groups in total.